The van der Waals surface area contributed by atoms with Crippen LogP contribution in [0.5, 0.6) is 0 Å². The summed E-state index contributed by atoms with van der Waals surface area (Å²) < 4.78 is 15.2. The number of hydrogen-bond donors (Lipinski definition) is 1. The Bertz CT molecular complexity index is 1290. The Hall–Kier alpha value is -3.83. The molecule has 0 unspecified atom stereocenters. The summed E-state index contributed by atoms with van der Waals surface area (Å²) in [7, 11) is 3.85. The molecule has 1 saturated heterocycles. The van der Waals surface area contributed by atoms with Gasteiger partial charge >= 0.3 is 0 Å². The van der Waals surface area contributed by atoms with Gasteiger partial charge in [0.1, 0.15) is 18.0 Å². The number of amides is 1. The fourth-order valence-corrected chi connectivity index (χ4v) is 4.41. The summed E-state index contributed by atoms with van der Waals surface area (Å²) in [4.78, 5) is 29.8. The van der Waals surface area contributed by atoms with Gasteiger partial charge in [-0.25, -0.2) is 19.3 Å². The molecule has 1 aliphatic heterocycles. The summed E-state index contributed by atoms with van der Waals surface area (Å²) in [6, 6.07) is 8.08. The van der Waals surface area contributed by atoms with E-state index in [1.807, 2.05) is 6.92 Å². The molecule has 36 heavy (non-hydrogen) atoms. The van der Waals surface area contributed by atoms with Gasteiger partial charge in [-0.05, 0) is 69.6 Å². The fourth-order valence-electron chi connectivity index (χ4n) is 4.41. The molecule has 186 valence electrons. The number of likely N-dealkylation sites (tertiary alicyclic amines) is 1. The Labute approximate surface area is 211 Å². The quantitative estimate of drug-likeness (QED) is 0.554. The molecule has 1 amide bonds. The summed E-state index contributed by atoms with van der Waals surface area (Å²) in [5, 5.41) is 0. The van der Waals surface area contributed by atoms with Gasteiger partial charge in [-0.15, -0.1) is 0 Å². The first-order valence-corrected chi connectivity index (χ1v) is 12.2. The van der Waals surface area contributed by atoms with Crippen LogP contribution in [-0.2, 0) is 6.42 Å². The van der Waals surface area contributed by atoms with E-state index in [2.05, 4.69) is 38.7 Å². The number of aryl methyl sites for hydroxylation is 1. The van der Waals surface area contributed by atoms with Crippen LogP contribution in [0.25, 0.3) is 11.3 Å². The second-order valence-corrected chi connectivity index (χ2v) is 9.25. The van der Waals surface area contributed by atoms with Crippen molar-refractivity contribution < 1.29 is 9.18 Å². The van der Waals surface area contributed by atoms with Crippen molar-refractivity contribution in [1.82, 2.24) is 24.8 Å². The molecule has 0 atom stereocenters. The van der Waals surface area contributed by atoms with Crippen molar-refractivity contribution in [2.75, 3.05) is 39.5 Å². The summed E-state index contributed by atoms with van der Waals surface area (Å²) in [6.07, 6.45) is 5.77. The summed E-state index contributed by atoms with van der Waals surface area (Å²) in [6.45, 7) is 4.65. The Morgan fingerprint density at radius 2 is 1.94 bits per heavy atom. The molecule has 8 heteroatoms. The molecule has 1 aromatic carbocycles. The first-order chi connectivity index (χ1) is 17.4. The molecule has 1 aliphatic rings. The predicted molar refractivity (Wildman–Crippen MR) is 139 cm³/mol. The van der Waals surface area contributed by atoms with Gasteiger partial charge in [0.05, 0.1) is 22.5 Å². The standard InChI is InChI=1S/C28H31FN6O/c1-4-25-23(8-5-19-6-10-26(30)31-16-19)27(33-18-32-25)21-7-9-22(24(29)15-21)28(36)35(3)17-20-11-13-34(2)14-12-20/h6-7,9-10,15-16,18,20H,4,11-14,17H2,1-3H3,(H2,30,31). The molecule has 1 fully saturated rings. The third-order valence-corrected chi connectivity index (χ3v) is 6.57. The maximum atomic E-state index is 15.2. The molecule has 3 heterocycles. The van der Waals surface area contributed by atoms with E-state index in [1.165, 1.54) is 18.5 Å². The van der Waals surface area contributed by atoms with E-state index in [9.17, 15) is 4.79 Å². The molecule has 0 bridgehead atoms. The van der Waals surface area contributed by atoms with Crippen LogP contribution >= 0.6 is 0 Å². The lowest BCUT2D eigenvalue weighted by molar-refractivity contribution is 0.0742. The highest BCUT2D eigenvalue weighted by Crippen LogP contribution is 2.26. The average molecular weight is 487 g/mol. The van der Waals surface area contributed by atoms with Crippen molar-refractivity contribution in [1.29, 1.82) is 0 Å². The van der Waals surface area contributed by atoms with Gasteiger partial charge < -0.3 is 15.5 Å². The molecule has 2 aromatic heterocycles. The Kier molecular flexibility index (Phi) is 7.91. The van der Waals surface area contributed by atoms with Crippen molar-refractivity contribution in [3.63, 3.8) is 0 Å². The Balaban J connectivity index is 1.59. The first kappa shape index (κ1) is 25.3. The largest absolute Gasteiger partial charge is 0.384 e. The highest BCUT2D eigenvalue weighted by atomic mass is 19.1. The lowest BCUT2D eigenvalue weighted by atomic mass is 9.96. The number of benzene rings is 1. The van der Waals surface area contributed by atoms with E-state index in [4.69, 9.17) is 5.73 Å². The van der Waals surface area contributed by atoms with Crippen LogP contribution in [0.2, 0.25) is 0 Å². The minimum absolute atomic E-state index is 0.0551. The number of halogens is 1. The van der Waals surface area contributed by atoms with Crippen molar-refractivity contribution in [2.45, 2.75) is 26.2 Å². The lowest BCUT2D eigenvalue weighted by Crippen LogP contribution is -2.38. The number of piperidine rings is 1. The SMILES string of the molecule is CCc1ncnc(-c2ccc(C(=O)N(C)CC3CCN(C)CC3)c(F)c2)c1C#Cc1ccc(N)nc1. The zero-order valence-electron chi connectivity index (χ0n) is 21.0. The second-order valence-electron chi connectivity index (χ2n) is 9.25. The van der Waals surface area contributed by atoms with Gasteiger partial charge in [-0.3, -0.25) is 4.79 Å². The molecule has 4 rings (SSSR count). The number of rotatable bonds is 5. The van der Waals surface area contributed by atoms with Crippen LogP contribution in [0.15, 0.2) is 42.9 Å². The molecule has 0 aliphatic carbocycles. The number of nitrogens with two attached hydrogens (primary N) is 1. The second kappa shape index (κ2) is 11.3. The van der Waals surface area contributed by atoms with Crippen LogP contribution in [0.3, 0.4) is 0 Å². The third-order valence-electron chi connectivity index (χ3n) is 6.57. The predicted octanol–water partition coefficient (Wildman–Crippen LogP) is 3.64. The van der Waals surface area contributed by atoms with Crippen LogP contribution in [0, 0.1) is 23.6 Å². The van der Waals surface area contributed by atoms with Crippen LogP contribution in [-0.4, -0.2) is 64.4 Å². The van der Waals surface area contributed by atoms with Crippen LogP contribution in [0.1, 0.15) is 46.9 Å². The fraction of sp³-hybridized carbons (Fsp3) is 0.357. The van der Waals surface area contributed by atoms with Gasteiger partial charge in [0.2, 0.25) is 0 Å². The molecule has 7 nitrogen and oxygen atoms in total. The van der Waals surface area contributed by atoms with Gasteiger partial charge in [0.15, 0.2) is 0 Å². The van der Waals surface area contributed by atoms with Crippen molar-refractivity contribution >= 4 is 11.7 Å². The maximum Gasteiger partial charge on any atom is 0.256 e. The molecule has 0 radical (unpaired) electrons. The van der Waals surface area contributed by atoms with E-state index >= 15 is 4.39 Å². The minimum Gasteiger partial charge on any atom is -0.384 e. The number of hydrogen-bond acceptors (Lipinski definition) is 6. The van der Waals surface area contributed by atoms with Crippen molar-refractivity contribution in [3.8, 4) is 23.1 Å². The minimum atomic E-state index is -0.578. The number of carbonyl (C=O) groups is 1. The number of carbonyl (C=O) groups excluding carboxylic acids is 1. The molecular weight excluding hydrogens is 455 g/mol. The zero-order chi connectivity index (χ0) is 25.7. The van der Waals surface area contributed by atoms with Gasteiger partial charge in [-0.1, -0.05) is 24.8 Å². The Morgan fingerprint density at radius 3 is 2.61 bits per heavy atom. The van der Waals surface area contributed by atoms with Crippen molar-refractivity contribution in [3.05, 3.63) is 71.1 Å². The maximum absolute atomic E-state index is 15.2. The highest BCUT2D eigenvalue weighted by Gasteiger charge is 2.23. The Morgan fingerprint density at radius 1 is 1.17 bits per heavy atom. The number of nitrogen functional groups attached to an aromatic ring is 1. The van der Waals surface area contributed by atoms with Crippen molar-refractivity contribution in [2.24, 2.45) is 5.92 Å². The number of pyridine rings is 1. The highest BCUT2D eigenvalue weighted by molar-refractivity contribution is 5.95. The summed E-state index contributed by atoms with van der Waals surface area (Å²) in [5.41, 5.74) is 8.85. The van der Waals surface area contributed by atoms with E-state index in [1.54, 1.807) is 36.3 Å². The van der Waals surface area contributed by atoms with E-state index in [0.29, 0.717) is 47.1 Å². The van der Waals surface area contributed by atoms with Crippen LogP contribution in [0.4, 0.5) is 10.2 Å². The summed E-state index contributed by atoms with van der Waals surface area (Å²) >= 11 is 0. The van der Waals surface area contributed by atoms with E-state index in [-0.39, 0.29) is 11.5 Å². The normalized spacial score (nSPS) is 14.2. The number of aromatic nitrogens is 3. The van der Waals surface area contributed by atoms with E-state index < -0.39 is 5.82 Å². The monoisotopic (exact) mass is 486 g/mol. The third kappa shape index (κ3) is 5.86. The van der Waals surface area contributed by atoms with Gasteiger partial charge in [-0.2, -0.15) is 0 Å². The van der Waals surface area contributed by atoms with Gasteiger partial charge in [0.25, 0.3) is 5.91 Å². The zero-order valence-corrected chi connectivity index (χ0v) is 21.0. The summed E-state index contributed by atoms with van der Waals surface area (Å²) in [5.74, 6) is 6.16. The lowest BCUT2D eigenvalue weighted by Gasteiger charge is -2.31. The average Bonchev–Trinajstić information content (AvgIpc) is 2.89. The number of nitrogens with zero attached hydrogens (tertiary/aromatic N) is 5. The smallest absolute Gasteiger partial charge is 0.256 e. The molecule has 3 aromatic rings. The molecule has 0 saturated carbocycles. The number of anilines is 1. The van der Waals surface area contributed by atoms with Crippen LogP contribution < -0.4 is 5.73 Å². The molecular formula is C28H31FN6O. The first-order valence-electron chi connectivity index (χ1n) is 12.2. The van der Waals surface area contributed by atoms with Gasteiger partial charge in [0, 0.05) is 30.9 Å². The topological polar surface area (TPSA) is 88.2 Å². The molecule has 0 spiro atoms. The molecule has 2 N–H and O–H groups in total. The van der Waals surface area contributed by atoms with E-state index in [0.717, 1.165) is 31.6 Å².